The van der Waals surface area contributed by atoms with Gasteiger partial charge in [-0.3, -0.25) is 4.79 Å². The topological polar surface area (TPSA) is 103 Å². The first-order valence-corrected chi connectivity index (χ1v) is 10.2. The van der Waals surface area contributed by atoms with E-state index in [1.54, 1.807) is 30.3 Å². The van der Waals surface area contributed by atoms with E-state index in [0.717, 1.165) is 4.47 Å². The molecular weight excluding hydrogens is 466 g/mol. The maximum absolute atomic E-state index is 13.2. The Kier molecular flexibility index (Phi) is 6.45. The Balaban J connectivity index is 2.18. The Labute approximate surface area is 187 Å². The second kappa shape index (κ2) is 8.89. The van der Waals surface area contributed by atoms with E-state index in [9.17, 15) is 9.59 Å². The molecule has 3 aromatic rings. The predicted octanol–water partition coefficient (Wildman–Crippen LogP) is 3.81. The highest BCUT2D eigenvalue weighted by atomic mass is 79.9. The third-order valence-corrected chi connectivity index (χ3v) is 4.85. The molecule has 0 aliphatic rings. The van der Waals surface area contributed by atoms with Crippen LogP contribution in [0.2, 0.25) is 0 Å². The van der Waals surface area contributed by atoms with E-state index in [-0.39, 0.29) is 11.3 Å². The van der Waals surface area contributed by atoms with E-state index in [4.69, 9.17) is 14.6 Å². The summed E-state index contributed by atoms with van der Waals surface area (Å²) in [5, 5.41) is 13.8. The van der Waals surface area contributed by atoms with Crippen LogP contribution in [0.25, 0.3) is 10.9 Å². The van der Waals surface area contributed by atoms with E-state index in [2.05, 4.69) is 26.0 Å². The van der Waals surface area contributed by atoms with Gasteiger partial charge in [-0.05, 0) is 30.3 Å². The maximum atomic E-state index is 13.2. The van der Waals surface area contributed by atoms with Crippen molar-refractivity contribution in [2.45, 2.75) is 26.2 Å². The standard InChI is InChI=1S/C22H22BrN3O5/c1-22(2,3)21-25-16-9-8-14(23)10-15(16)20(29)26(21)24-11-13-6-5-7-17(30-4)19(13)31-12-18(27)28/h5-11H,12H2,1-4H3,(H,27,28). The van der Waals surface area contributed by atoms with E-state index >= 15 is 0 Å². The molecule has 0 bridgehead atoms. The number of hydrogen-bond acceptors (Lipinski definition) is 6. The van der Waals surface area contributed by atoms with Gasteiger partial charge in [0.05, 0.1) is 24.2 Å². The number of aromatic nitrogens is 2. The minimum atomic E-state index is -1.12. The van der Waals surface area contributed by atoms with Crippen LogP contribution in [0.4, 0.5) is 0 Å². The van der Waals surface area contributed by atoms with Crippen molar-refractivity contribution in [3.05, 3.63) is 62.6 Å². The minimum absolute atomic E-state index is 0.220. The van der Waals surface area contributed by atoms with Crippen LogP contribution in [-0.4, -0.2) is 40.7 Å². The Hall–Kier alpha value is -3.20. The molecule has 0 spiro atoms. The molecule has 8 nitrogen and oxygen atoms in total. The summed E-state index contributed by atoms with van der Waals surface area (Å²) in [6.07, 6.45) is 1.43. The summed E-state index contributed by atoms with van der Waals surface area (Å²) in [4.78, 5) is 28.9. The number of ether oxygens (including phenoxy) is 2. The maximum Gasteiger partial charge on any atom is 0.341 e. The fraction of sp³-hybridized carbons (Fsp3) is 0.273. The van der Waals surface area contributed by atoms with Crippen LogP contribution in [0, 0.1) is 0 Å². The van der Waals surface area contributed by atoms with Crippen molar-refractivity contribution < 1.29 is 19.4 Å². The summed E-state index contributed by atoms with van der Waals surface area (Å²) in [5.41, 5.74) is 0.260. The van der Waals surface area contributed by atoms with Crippen LogP contribution < -0.4 is 15.0 Å². The molecule has 1 N–H and O–H groups in total. The van der Waals surface area contributed by atoms with Gasteiger partial charge in [0.25, 0.3) is 5.56 Å². The molecule has 0 aliphatic carbocycles. The molecule has 0 radical (unpaired) electrons. The Morgan fingerprint density at radius 1 is 1.29 bits per heavy atom. The lowest BCUT2D eigenvalue weighted by molar-refractivity contribution is -0.139. The summed E-state index contributed by atoms with van der Waals surface area (Å²) in [6.45, 7) is 5.29. The van der Waals surface area contributed by atoms with Crippen LogP contribution in [0.1, 0.15) is 32.2 Å². The Morgan fingerprint density at radius 2 is 2.03 bits per heavy atom. The van der Waals surface area contributed by atoms with Gasteiger partial charge in [-0.15, -0.1) is 0 Å². The van der Waals surface area contributed by atoms with Gasteiger partial charge >= 0.3 is 5.97 Å². The van der Waals surface area contributed by atoms with Crippen molar-refractivity contribution in [3.8, 4) is 11.5 Å². The fourth-order valence-electron chi connectivity index (χ4n) is 2.94. The number of carboxylic acids is 1. The number of aliphatic carboxylic acids is 1. The number of halogens is 1. The van der Waals surface area contributed by atoms with Crippen molar-refractivity contribution in [3.63, 3.8) is 0 Å². The van der Waals surface area contributed by atoms with Crippen molar-refractivity contribution in [1.82, 2.24) is 9.66 Å². The van der Waals surface area contributed by atoms with Crippen LogP contribution >= 0.6 is 15.9 Å². The highest BCUT2D eigenvalue weighted by Gasteiger charge is 2.23. The molecule has 0 saturated carbocycles. The average Bonchev–Trinajstić information content (AvgIpc) is 2.71. The number of para-hydroxylation sites is 1. The van der Waals surface area contributed by atoms with E-state index in [1.807, 2.05) is 26.8 Å². The summed E-state index contributed by atoms with van der Waals surface area (Å²) < 4.78 is 12.7. The second-order valence-electron chi connectivity index (χ2n) is 7.77. The minimum Gasteiger partial charge on any atom is -0.493 e. The molecule has 1 heterocycles. The third-order valence-electron chi connectivity index (χ3n) is 4.36. The van der Waals surface area contributed by atoms with Gasteiger partial charge in [0, 0.05) is 15.5 Å². The number of carbonyl (C=O) groups is 1. The smallest absolute Gasteiger partial charge is 0.341 e. The summed E-state index contributed by atoms with van der Waals surface area (Å²) in [7, 11) is 1.46. The zero-order valence-electron chi connectivity index (χ0n) is 17.5. The number of hydrogen-bond donors (Lipinski definition) is 1. The molecule has 0 atom stereocenters. The van der Waals surface area contributed by atoms with Gasteiger partial charge in [0.1, 0.15) is 5.82 Å². The molecular formula is C22H22BrN3O5. The lowest BCUT2D eigenvalue weighted by Crippen LogP contribution is -2.29. The highest BCUT2D eigenvalue weighted by molar-refractivity contribution is 9.10. The molecule has 0 saturated heterocycles. The van der Waals surface area contributed by atoms with Crippen molar-refractivity contribution in [1.29, 1.82) is 0 Å². The summed E-state index contributed by atoms with van der Waals surface area (Å²) in [6, 6.07) is 10.4. The molecule has 0 aliphatic heterocycles. The van der Waals surface area contributed by atoms with Gasteiger partial charge in [0.15, 0.2) is 18.1 Å². The molecule has 2 aromatic carbocycles. The summed E-state index contributed by atoms with van der Waals surface area (Å²) >= 11 is 3.39. The lowest BCUT2D eigenvalue weighted by atomic mass is 9.95. The van der Waals surface area contributed by atoms with Crippen molar-refractivity contribution in [2.75, 3.05) is 13.7 Å². The largest absolute Gasteiger partial charge is 0.493 e. The lowest BCUT2D eigenvalue weighted by Gasteiger charge is -2.21. The highest BCUT2D eigenvalue weighted by Crippen LogP contribution is 2.30. The zero-order valence-corrected chi connectivity index (χ0v) is 19.1. The normalized spacial score (nSPS) is 11.8. The molecule has 162 valence electrons. The molecule has 0 amide bonds. The molecule has 31 heavy (non-hydrogen) atoms. The quantitative estimate of drug-likeness (QED) is 0.530. The van der Waals surface area contributed by atoms with Gasteiger partial charge in [-0.1, -0.05) is 42.8 Å². The number of nitrogens with zero attached hydrogens (tertiary/aromatic N) is 3. The third kappa shape index (κ3) is 4.93. The first-order valence-electron chi connectivity index (χ1n) is 9.40. The zero-order chi connectivity index (χ0) is 22.8. The second-order valence-corrected chi connectivity index (χ2v) is 8.69. The van der Waals surface area contributed by atoms with Crippen molar-refractivity contribution in [2.24, 2.45) is 5.10 Å². The van der Waals surface area contributed by atoms with E-state index in [1.165, 1.54) is 18.0 Å². The molecule has 9 heteroatoms. The number of fused-ring (bicyclic) bond motifs is 1. The van der Waals surface area contributed by atoms with Gasteiger partial charge < -0.3 is 14.6 Å². The van der Waals surface area contributed by atoms with Crippen LogP contribution in [0.3, 0.4) is 0 Å². The van der Waals surface area contributed by atoms with E-state index < -0.39 is 18.0 Å². The first-order chi connectivity index (χ1) is 14.6. The monoisotopic (exact) mass is 487 g/mol. The van der Waals surface area contributed by atoms with Crippen molar-refractivity contribution >= 4 is 39.0 Å². The number of rotatable bonds is 6. The van der Waals surface area contributed by atoms with E-state index in [0.29, 0.717) is 28.0 Å². The van der Waals surface area contributed by atoms with Crippen LogP contribution in [0.5, 0.6) is 11.5 Å². The Bertz CT molecular complexity index is 1230. The van der Waals surface area contributed by atoms with Gasteiger partial charge in [0.2, 0.25) is 0 Å². The number of benzene rings is 2. The van der Waals surface area contributed by atoms with Gasteiger partial charge in [-0.25, -0.2) is 9.78 Å². The number of carboxylic acid groups (broad SMARTS) is 1. The van der Waals surface area contributed by atoms with Gasteiger partial charge in [-0.2, -0.15) is 9.78 Å². The average molecular weight is 488 g/mol. The fourth-order valence-corrected chi connectivity index (χ4v) is 3.31. The molecule has 1 aromatic heterocycles. The Morgan fingerprint density at radius 3 is 2.68 bits per heavy atom. The SMILES string of the molecule is COc1cccc(C=Nn2c(C(C)(C)C)nc3ccc(Br)cc3c2=O)c1OCC(=O)O. The molecule has 0 unspecified atom stereocenters. The van der Waals surface area contributed by atoms with Crippen LogP contribution in [-0.2, 0) is 10.2 Å². The molecule has 0 fully saturated rings. The number of methoxy groups -OCH3 is 1. The molecule has 3 rings (SSSR count). The predicted molar refractivity (Wildman–Crippen MR) is 122 cm³/mol. The summed E-state index contributed by atoms with van der Waals surface area (Å²) in [5.74, 6) is -0.0593. The van der Waals surface area contributed by atoms with Crippen LogP contribution in [0.15, 0.2) is 50.8 Å². The first kappa shape index (κ1) is 22.5.